The average molecular weight is 290 g/mol. The molecule has 0 bridgehead atoms. The molecule has 5 heteroatoms. The topological polar surface area (TPSA) is 54.3 Å². The first-order chi connectivity index (χ1) is 9.74. The molecule has 2 unspecified atom stereocenters. The summed E-state index contributed by atoms with van der Waals surface area (Å²) in [6.07, 6.45) is 0. The van der Waals surface area contributed by atoms with Gasteiger partial charge in [-0.2, -0.15) is 11.8 Å². The van der Waals surface area contributed by atoms with Crippen LogP contribution in [0.15, 0.2) is 34.7 Å². The van der Waals surface area contributed by atoms with E-state index in [-0.39, 0.29) is 18.0 Å². The lowest BCUT2D eigenvalue weighted by molar-refractivity contribution is -0.123. The van der Waals surface area contributed by atoms with Crippen LogP contribution in [0.5, 0.6) is 0 Å². The molecule has 0 spiro atoms. The van der Waals surface area contributed by atoms with Crippen molar-refractivity contribution < 1.29 is 9.21 Å². The highest BCUT2D eigenvalue weighted by Gasteiger charge is 2.23. The van der Waals surface area contributed by atoms with Crippen LogP contribution in [-0.4, -0.2) is 30.0 Å². The second-order valence-corrected chi connectivity index (χ2v) is 6.15. The zero-order valence-corrected chi connectivity index (χ0v) is 12.2. The summed E-state index contributed by atoms with van der Waals surface area (Å²) < 4.78 is 5.78. The van der Waals surface area contributed by atoms with Gasteiger partial charge in [-0.1, -0.05) is 18.2 Å². The standard InChI is InChI=1S/C15H18N2O2S/c1-10(17-15(18)12-9-20-7-6-16-12)14-8-11-4-2-3-5-13(11)19-14/h2-5,8,10,12,16H,6-7,9H2,1H3,(H,17,18). The number of benzene rings is 1. The highest BCUT2D eigenvalue weighted by molar-refractivity contribution is 7.99. The summed E-state index contributed by atoms with van der Waals surface area (Å²) in [5.41, 5.74) is 0.856. The zero-order valence-electron chi connectivity index (χ0n) is 11.4. The third-order valence-corrected chi connectivity index (χ3v) is 4.53. The fourth-order valence-electron chi connectivity index (χ4n) is 2.33. The summed E-state index contributed by atoms with van der Waals surface area (Å²) in [6.45, 7) is 2.84. The molecule has 2 atom stereocenters. The van der Waals surface area contributed by atoms with Crippen molar-refractivity contribution in [1.82, 2.24) is 10.6 Å². The molecule has 2 N–H and O–H groups in total. The normalized spacial score (nSPS) is 20.8. The van der Waals surface area contributed by atoms with Gasteiger partial charge in [-0.3, -0.25) is 4.79 Å². The first kappa shape index (κ1) is 13.5. The number of hydrogen-bond acceptors (Lipinski definition) is 4. The number of fused-ring (bicyclic) bond motifs is 1. The van der Waals surface area contributed by atoms with Crippen molar-refractivity contribution in [3.8, 4) is 0 Å². The second kappa shape index (κ2) is 5.89. The molecule has 1 aromatic heterocycles. The Kier molecular flexibility index (Phi) is 3.98. The molecule has 2 heterocycles. The van der Waals surface area contributed by atoms with Gasteiger partial charge in [0, 0.05) is 23.4 Å². The molecule has 106 valence electrons. The molecule has 20 heavy (non-hydrogen) atoms. The number of amides is 1. The van der Waals surface area contributed by atoms with Gasteiger partial charge in [0.2, 0.25) is 5.91 Å². The van der Waals surface area contributed by atoms with Gasteiger partial charge in [0.1, 0.15) is 11.3 Å². The molecule has 0 saturated carbocycles. The number of nitrogens with one attached hydrogen (secondary N) is 2. The second-order valence-electron chi connectivity index (χ2n) is 5.00. The van der Waals surface area contributed by atoms with E-state index in [1.165, 1.54) is 0 Å². The Bertz CT molecular complexity index is 572. The SMILES string of the molecule is CC(NC(=O)C1CSCCN1)c1cc2ccccc2o1. The summed E-state index contributed by atoms with van der Waals surface area (Å²) >= 11 is 1.81. The number of hydrogen-bond donors (Lipinski definition) is 2. The van der Waals surface area contributed by atoms with E-state index in [0.29, 0.717) is 0 Å². The Labute approximate surface area is 122 Å². The van der Waals surface area contributed by atoms with Crippen molar-refractivity contribution in [2.75, 3.05) is 18.1 Å². The number of rotatable bonds is 3. The van der Waals surface area contributed by atoms with Crippen LogP contribution < -0.4 is 10.6 Å². The summed E-state index contributed by atoms with van der Waals surface area (Å²) in [6, 6.07) is 9.65. The number of furan rings is 1. The van der Waals surface area contributed by atoms with Crippen LogP contribution in [0.1, 0.15) is 18.7 Å². The zero-order chi connectivity index (χ0) is 13.9. The number of para-hydroxylation sites is 1. The summed E-state index contributed by atoms with van der Waals surface area (Å²) in [7, 11) is 0. The molecule has 0 radical (unpaired) electrons. The van der Waals surface area contributed by atoms with Gasteiger partial charge in [0.25, 0.3) is 0 Å². The monoisotopic (exact) mass is 290 g/mol. The van der Waals surface area contributed by atoms with Crippen molar-refractivity contribution in [2.24, 2.45) is 0 Å². The van der Waals surface area contributed by atoms with E-state index in [1.54, 1.807) is 0 Å². The Balaban J connectivity index is 1.68. The van der Waals surface area contributed by atoms with Gasteiger partial charge in [0.15, 0.2) is 0 Å². The molecule has 1 aliphatic rings. The maximum absolute atomic E-state index is 12.2. The van der Waals surface area contributed by atoms with E-state index in [4.69, 9.17) is 4.42 Å². The van der Waals surface area contributed by atoms with E-state index in [0.717, 1.165) is 34.8 Å². The molecule has 1 aliphatic heterocycles. The molecule has 1 saturated heterocycles. The lowest BCUT2D eigenvalue weighted by atomic mass is 10.2. The van der Waals surface area contributed by atoms with E-state index >= 15 is 0 Å². The quantitative estimate of drug-likeness (QED) is 0.911. The highest BCUT2D eigenvalue weighted by Crippen LogP contribution is 2.23. The van der Waals surface area contributed by atoms with E-state index in [2.05, 4.69) is 10.6 Å². The molecule has 3 rings (SSSR count). The molecule has 4 nitrogen and oxygen atoms in total. The summed E-state index contributed by atoms with van der Waals surface area (Å²) in [5.74, 6) is 2.75. The van der Waals surface area contributed by atoms with Crippen LogP contribution in [0.2, 0.25) is 0 Å². The van der Waals surface area contributed by atoms with Crippen molar-refractivity contribution in [3.63, 3.8) is 0 Å². The van der Waals surface area contributed by atoms with E-state index in [9.17, 15) is 4.79 Å². The molecule has 1 amide bonds. The van der Waals surface area contributed by atoms with Gasteiger partial charge in [-0.05, 0) is 19.1 Å². The van der Waals surface area contributed by atoms with Crippen LogP contribution >= 0.6 is 11.8 Å². The van der Waals surface area contributed by atoms with Crippen LogP contribution in [0, 0.1) is 0 Å². The third-order valence-electron chi connectivity index (χ3n) is 3.47. The number of carbonyl (C=O) groups excluding carboxylic acids is 1. The predicted molar refractivity (Wildman–Crippen MR) is 81.9 cm³/mol. The lowest BCUT2D eigenvalue weighted by Crippen LogP contribution is -2.49. The van der Waals surface area contributed by atoms with Crippen molar-refractivity contribution in [3.05, 3.63) is 36.1 Å². The predicted octanol–water partition coefficient (Wildman–Crippen LogP) is 2.31. The molecule has 1 fully saturated rings. The number of carbonyl (C=O) groups is 1. The third kappa shape index (κ3) is 2.83. The minimum atomic E-state index is -0.122. The van der Waals surface area contributed by atoms with Gasteiger partial charge >= 0.3 is 0 Å². The van der Waals surface area contributed by atoms with E-state index in [1.807, 2.05) is 49.0 Å². The first-order valence-corrected chi connectivity index (χ1v) is 7.99. The number of thioether (sulfide) groups is 1. The summed E-state index contributed by atoms with van der Waals surface area (Å²) in [4.78, 5) is 12.2. The van der Waals surface area contributed by atoms with Crippen LogP contribution in [0.4, 0.5) is 0 Å². The van der Waals surface area contributed by atoms with Crippen molar-refractivity contribution in [1.29, 1.82) is 0 Å². The maximum atomic E-state index is 12.2. The van der Waals surface area contributed by atoms with Gasteiger partial charge in [-0.25, -0.2) is 0 Å². The van der Waals surface area contributed by atoms with Crippen molar-refractivity contribution >= 4 is 28.6 Å². The Morgan fingerprint density at radius 1 is 1.50 bits per heavy atom. The Morgan fingerprint density at radius 3 is 3.10 bits per heavy atom. The Morgan fingerprint density at radius 2 is 2.35 bits per heavy atom. The fourth-order valence-corrected chi connectivity index (χ4v) is 3.27. The molecular formula is C15H18N2O2S. The van der Waals surface area contributed by atoms with Crippen LogP contribution in [-0.2, 0) is 4.79 Å². The molecule has 2 aromatic rings. The largest absolute Gasteiger partial charge is 0.459 e. The lowest BCUT2D eigenvalue weighted by Gasteiger charge is -2.23. The van der Waals surface area contributed by atoms with Gasteiger partial charge in [-0.15, -0.1) is 0 Å². The average Bonchev–Trinajstić information content (AvgIpc) is 2.92. The fraction of sp³-hybridized carbons (Fsp3) is 0.400. The smallest absolute Gasteiger partial charge is 0.238 e. The van der Waals surface area contributed by atoms with Gasteiger partial charge < -0.3 is 15.1 Å². The first-order valence-electron chi connectivity index (χ1n) is 6.84. The van der Waals surface area contributed by atoms with Gasteiger partial charge in [0.05, 0.1) is 12.1 Å². The minimum Gasteiger partial charge on any atom is -0.459 e. The Hall–Kier alpha value is -1.46. The van der Waals surface area contributed by atoms with Crippen molar-refractivity contribution in [2.45, 2.75) is 19.0 Å². The molecule has 1 aromatic carbocycles. The van der Waals surface area contributed by atoms with E-state index < -0.39 is 0 Å². The molecule has 0 aliphatic carbocycles. The summed E-state index contributed by atoms with van der Waals surface area (Å²) in [5, 5.41) is 7.32. The van der Waals surface area contributed by atoms with Crippen LogP contribution in [0.3, 0.4) is 0 Å². The maximum Gasteiger partial charge on any atom is 0.238 e. The van der Waals surface area contributed by atoms with Crippen LogP contribution in [0.25, 0.3) is 11.0 Å². The minimum absolute atomic E-state index is 0.0464. The highest BCUT2D eigenvalue weighted by atomic mass is 32.2. The molecular weight excluding hydrogens is 272 g/mol.